The van der Waals surface area contributed by atoms with Gasteiger partial charge in [0.1, 0.15) is 0 Å². The molecule has 25 heavy (non-hydrogen) atoms. The number of nitrogens with zero attached hydrogens (tertiary/aromatic N) is 5. The molecule has 0 atom stereocenters. The number of anilines is 1. The Morgan fingerprint density at radius 3 is 2.84 bits per heavy atom. The molecule has 3 aromatic heterocycles. The maximum absolute atomic E-state index is 12.6. The van der Waals surface area contributed by atoms with Gasteiger partial charge in [-0.25, -0.2) is 9.20 Å². The molecule has 4 aromatic rings. The molecule has 1 N–H and O–H groups in total. The van der Waals surface area contributed by atoms with Crippen molar-refractivity contribution in [3.8, 4) is 5.69 Å². The summed E-state index contributed by atoms with van der Waals surface area (Å²) in [5, 5.41) is 11.5. The van der Waals surface area contributed by atoms with Crippen molar-refractivity contribution in [3.05, 3.63) is 72.1 Å². The molecule has 0 bridgehead atoms. The van der Waals surface area contributed by atoms with E-state index < -0.39 is 0 Å². The number of rotatable bonds is 3. The molecule has 0 aliphatic carbocycles. The molecule has 7 nitrogen and oxygen atoms in total. The summed E-state index contributed by atoms with van der Waals surface area (Å²) in [7, 11) is 0. The number of amides is 1. The van der Waals surface area contributed by atoms with Crippen molar-refractivity contribution >= 4 is 17.1 Å². The summed E-state index contributed by atoms with van der Waals surface area (Å²) in [5.41, 5.74) is 4.71. The fraction of sp³-hybridized carbons (Fsp3) is 0.111. The molecule has 1 amide bonds. The molecular weight excluding hydrogens is 316 g/mol. The molecule has 7 heteroatoms. The Labute approximate surface area is 143 Å². The highest BCUT2D eigenvalue weighted by Gasteiger charge is 2.13. The van der Waals surface area contributed by atoms with E-state index in [1.807, 2.05) is 48.9 Å². The van der Waals surface area contributed by atoms with Gasteiger partial charge >= 0.3 is 0 Å². The van der Waals surface area contributed by atoms with Crippen LogP contribution in [-0.4, -0.2) is 30.3 Å². The fourth-order valence-electron chi connectivity index (χ4n) is 2.81. The normalized spacial score (nSPS) is 11.0. The van der Waals surface area contributed by atoms with Gasteiger partial charge in [-0.1, -0.05) is 6.07 Å². The van der Waals surface area contributed by atoms with Crippen LogP contribution in [0.25, 0.3) is 11.2 Å². The zero-order valence-corrected chi connectivity index (χ0v) is 13.8. The summed E-state index contributed by atoms with van der Waals surface area (Å²) in [6, 6.07) is 9.59. The first-order valence-electron chi connectivity index (χ1n) is 7.84. The number of nitrogens with one attached hydrogen (secondary N) is 1. The average molecular weight is 332 g/mol. The van der Waals surface area contributed by atoms with Crippen LogP contribution in [0.2, 0.25) is 0 Å². The van der Waals surface area contributed by atoms with Crippen LogP contribution < -0.4 is 5.32 Å². The van der Waals surface area contributed by atoms with Crippen molar-refractivity contribution in [1.82, 2.24) is 24.4 Å². The van der Waals surface area contributed by atoms with Gasteiger partial charge in [0.2, 0.25) is 0 Å². The molecule has 0 radical (unpaired) electrons. The lowest BCUT2D eigenvalue weighted by molar-refractivity contribution is 0.102. The molecule has 1 aromatic carbocycles. The van der Waals surface area contributed by atoms with Gasteiger partial charge in [-0.3, -0.25) is 9.78 Å². The highest BCUT2D eigenvalue weighted by atomic mass is 16.1. The third kappa shape index (κ3) is 2.76. The van der Waals surface area contributed by atoms with Crippen LogP contribution in [0.15, 0.2) is 55.1 Å². The number of aromatic nitrogens is 5. The Bertz CT molecular complexity index is 1080. The monoisotopic (exact) mass is 332 g/mol. The largest absolute Gasteiger partial charge is 0.322 e. The summed E-state index contributed by atoms with van der Waals surface area (Å²) in [5.74, 6) is -0.228. The van der Waals surface area contributed by atoms with Crippen molar-refractivity contribution in [2.75, 3.05) is 5.32 Å². The van der Waals surface area contributed by atoms with Crippen molar-refractivity contribution < 1.29 is 4.79 Å². The zero-order chi connectivity index (χ0) is 17.4. The topological polar surface area (TPSA) is 77.1 Å². The first-order valence-corrected chi connectivity index (χ1v) is 7.84. The van der Waals surface area contributed by atoms with E-state index in [2.05, 4.69) is 20.5 Å². The molecule has 0 saturated heterocycles. The maximum atomic E-state index is 12.6. The highest BCUT2D eigenvalue weighted by Crippen LogP contribution is 2.18. The lowest BCUT2D eigenvalue weighted by atomic mass is 10.2. The predicted molar refractivity (Wildman–Crippen MR) is 94.0 cm³/mol. The molecule has 0 spiro atoms. The van der Waals surface area contributed by atoms with Crippen molar-refractivity contribution in [3.63, 3.8) is 0 Å². The predicted octanol–water partition coefficient (Wildman–Crippen LogP) is 2.78. The second-order valence-electron chi connectivity index (χ2n) is 5.81. The SMILES string of the molecule is Cc1cc(C)n(-c2cccc(NC(=O)c3cnn4ccncc34)c2)n1. The van der Waals surface area contributed by atoms with Gasteiger partial charge in [0.05, 0.1) is 34.9 Å². The van der Waals surface area contributed by atoms with Crippen LogP contribution in [0.3, 0.4) is 0 Å². The first kappa shape index (κ1) is 15.1. The molecule has 0 aliphatic rings. The van der Waals surface area contributed by atoms with Crippen molar-refractivity contribution in [2.45, 2.75) is 13.8 Å². The minimum Gasteiger partial charge on any atom is -0.322 e. The van der Waals surface area contributed by atoms with Crippen LogP contribution in [0.4, 0.5) is 5.69 Å². The number of hydrogen-bond acceptors (Lipinski definition) is 4. The number of carbonyl (C=O) groups excluding carboxylic acids is 1. The molecular formula is C18H16N6O. The van der Waals surface area contributed by atoms with E-state index in [0.29, 0.717) is 16.8 Å². The van der Waals surface area contributed by atoms with Crippen LogP contribution in [0.1, 0.15) is 21.7 Å². The summed E-state index contributed by atoms with van der Waals surface area (Å²) in [4.78, 5) is 16.6. The average Bonchev–Trinajstić information content (AvgIpc) is 3.18. The van der Waals surface area contributed by atoms with Crippen LogP contribution in [0, 0.1) is 13.8 Å². The zero-order valence-electron chi connectivity index (χ0n) is 13.8. The number of fused-ring (bicyclic) bond motifs is 1. The second-order valence-corrected chi connectivity index (χ2v) is 5.81. The summed E-state index contributed by atoms with van der Waals surface area (Å²) >= 11 is 0. The highest BCUT2D eigenvalue weighted by molar-refractivity contribution is 6.08. The van der Waals surface area contributed by atoms with E-state index in [9.17, 15) is 4.79 Å². The van der Waals surface area contributed by atoms with Crippen LogP contribution >= 0.6 is 0 Å². The quantitative estimate of drug-likeness (QED) is 0.626. The third-order valence-corrected chi connectivity index (χ3v) is 3.93. The Balaban J connectivity index is 1.64. The van der Waals surface area contributed by atoms with Crippen LogP contribution in [-0.2, 0) is 0 Å². The molecule has 4 rings (SSSR count). The van der Waals surface area contributed by atoms with Gasteiger partial charge in [-0.15, -0.1) is 0 Å². The third-order valence-electron chi connectivity index (χ3n) is 3.93. The van der Waals surface area contributed by atoms with Gasteiger partial charge in [0.15, 0.2) is 0 Å². The fourth-order valence-corrected chi connectivity index (χ4v) is 2.81. The smallest absolute Gasteiger partial charge is 0.259 e. The lowest BCUT2D eigenvalue weighted by Crippen LogP contribution is -2.12. The lowest BCUT2D eigenvalue weighted by Gasteiger charge is -2.08. The van der Waals surface area contributed by atoms with E-state index in [-0.39, 0.29) is 5.91 Å². The summed E-state index contributed by atoms with van der Waals surface area (Å²) in [6.45, 7) is 3.95. The number of hydrogen-bond donors (Lipinski definition) is 1. The Hall–Kier alpha value is -3.48. The van der Waals surface area contributed by atoms with E-state index >= 15 is 0 Å². The Morgan fingerprint density at radius 1 is 1.16 bits per heavy atom. The van der Waals surface area contributed by atoms with Gasteiger partial charge in [-0.05, 0) is 38.1 Å². The maximum Gasteiger partial charge on any atom is 0.259 e. The Kier molecular flexibility index (Phi) is 3.53. The molecule has 3 heterocycles. The van der Waals surface area contributed by atoms with Crippen molar-refractivity contribution in [1.29, 1.82) is 0 Å². The Morgan fingerprint density at radius 2 is 2.04 bits per heavy atom. The molecule has 124 valence electrons. The van der Waals surface area contributed by atoms with E-state index in [4.69, 9.17) is 0 Å². The van der Waals surface area contributed by atoms with Gasteiger partial charge < -0.3 is 5.32 Å². The standard InChI is InChI=1S/C18H16N6O/c1-12-8-13(2)24(22-12)15-5-3-4-14(9-15)21-18(25)16-10-20-23-7-6-19-11-17(16)23/h3-11H,1-2H3,(H,21,25). The van der Waals surface area contributed by atoms with Gasteiger partial charge in [0.25, 0.3) is 5.91 Å². The van der Waals surface area contributed by atoms with Gasteiger partial charge in [-0.2, -0.15) is 10.2 Å². The van der Waals surface area contributed by atoms with E-state index in [1.54, 1.807) is 23.1 Å². The minimum absolute atomic E-state index is 0.228. The van der Waals surface area contributed by atoms with Crippen molar-refractivity contribution in [2.24, 2.45) is 0 Å². The molecule has 0 fully saturated rings. The first-order chi connectivity index (χ1) is 12.1. The summed E-state index contributed by atoms with van der Waals surface area (Å²) in [6.07, 6.45) is 6.49. The van der Waals surface area contributed by atoms with Crippen LogP contribution in [0.5, 0.6) is 0 Å². The second kappa shape index (κ2) is 5.86. The summed E-state index contributed by atoms with van der Waals surface area (Å²) < 4.78 is 3.47. The number of carbonyl (C=O) groups is 1. The van der Waals surface area contributed by atoms with E-state index in [0.717, 1.165) is 17.1 Å². The molecule has 0 unspecified atom stereocenters. The van der Waals surface area contributed by atoms with E-state index in [1.165, 1.54) is 6.20 Å². The molecule has 0 saturated carbocycles. The minimum atomic E-state index is -0.228. The number of aryl methyl sites for hydroxylation is 2. The van der Waals surface area contributed by atoms with Gasteiger partial charge in [0, 0.05) is 23.8 Å². The molecule has 0 aliphatic heterocycles. The number of benzene rings is 1.